The lowest BCUT2D eigenvalue weighted by molar-refractivity contribution is 0.402. The SMILES string of the molecule is Oc1ccc(C2NCCC3=C2Cc2ccc(Cl)cc23)cc1O. The summed E-state index contributed by atoms with van der Waals surface area (Å²) in [5.74, 6) is -0.166. The second-order valence-corrected chi connectivity index (χ2v) is 6.30. The summed E-state index contributed by atoms with van der Waals surface area (Å²) < 4.78 is 0. The van der Waals surface area contributed by atoms with Crippen LogP contribution >= 0.6 is 11.6 Å². The molecule has 3 N–H and O–H groups in total. The number of halogens is 1. The van der Waals surface area contributed by atoms with Gasteiger partial charge in [-0.1, -0.05) is 23.7 Å². The van der Waals surface area contributed by atoms with Gasteiger partial charge < -0.3 is 15.5 Å². The lowest BCUT2D eigenvalue weighted by atomic mass is 9.90. The number of hydrogen-bond donors (Lipinski definition) is 3. The summed E-state index contributed by atoms with van der Waals surface area (Å²) in [6, 6.07) is 11.2. The van der Waals surface area contributed by atoms with E-state index in [4.69, 9.17) is 11.6 Å². The minimum absolute atomic E-state index is 0.0708. The molecule has 2 aromatic carbocycles. The molecule has 0 saturated heterocycles. The smallest absolute Gasteiger partial charge is 0.157 e. The molecule has 4 heteroatoms. The van der Waals surface area contributed by atoms with Crippen LogP contribution in [0.5, 0.6) is 11.5 Å². The number of rotatable bonds is 1. The van der Waals surface area contributed by atoms with Crippen molar-refractivity contribution in [1.82, 2.24) is 5.32 Å². The van der Waals surface area contributed by atoms with E-state index in [1.54, 1.807) is 12.1 Å². The molecule has 0 fully saturated rings. The monoisotopic (exact) mass is 313 g/mol. The summed E-state index contributed by atoms with van der Waals surface area (Å²) in [6.07, 6.45) is 1.89. The predicted molar refractivity (Wildman–Crippen MR) is 87.2 cm³/mol. The Bertz CT molecular complexity index is 798. The maximum atomic E-state index is 9.77. The second kappa shape index (κ2) is 5.04. The highest BCUT2D eigenvalue weighted by atomic mass is 35.5. The van der Waals surface area contributed by atoms with E-state index in [-0.39, 0.29) is 17.5 Å². The van der Waals surface area contributed by atoms with Crippen LogP contribution in [0.15, 0.2) is 42.0 Å². The van der Waals surface area contributed by atoms with E-state index in [2.05, 4.69) is 17.4 Å². The molecule has 1 aliphatic heterocycles. The molecule has 1 heterocycles. The van der Waals surface area contributed by atoms with Gasteiger partial charge in [-0.2, -0.15) is 0 Å². The molecule has 1 unspecified atom stereocenters. The fourth-order valence-corrected chi connectivity index (χ4v) is 3.72. The highest BCUT2D eigenvalue weighted by Crippen LogP contribution is 2.44. The zero-order valence-corrected chi connectivity index (χ0v) is 12.7. The molecule has 0 amide bonds. The van der Waals surface area contributed by atoms with Crippen LogP contribution in [0.1, 0.15) is 29.2 Å². The van der Waals surface area contributed by atoms with E-state index in [1.807, 2.05) is 12.1 Å². The Hall–Kier alpha value is -1.97. The van der Waals surface area contributed by atoms with Gasteiger partial charge in [0.15, 0.2) is 11.5 Å². The number of phenols is 2. The van der Waals surface area contributed by atoms with E-state index in [9.17, 15) is 10.2 Å². The van der Waals surface area contributed by atoms with Gasteiger partial charge in [-0.3, -0.25) is 0 Å². The summed E-state index contributed by atoms with van der Waals surface area (Å²) >= 11 is 6.15. The summed E-state index contributed by atoms with van der Waals surface area (Å²) in [5.41, 5.74) is 6.26. The highest BCUT2D eigenvalue weighted by Gasteiger charge is 2.31. The van der Waals surface area contributed by atoms with Gasteiger partial charge in [0.05, 0.1) is 6.04 Å². The second-order valence-electron chi connectivity index (χ2n) is 5.87. The van der Waals surface area contributed by atoms with Gasteiger partial charge in [0.25, 0.3) is 0 Å². The number of hydrogen-bond acceptors (Lipinski definition) is 3. The van der Waals surface area contributed by atoms with Crippen LogP contribution in [0.4, 0.5) is 0 Å². The van der Waals surface area contributed by atoms with Crippen LogP contribution in [0.2, 0.25) is 5.02 Å². The van der Waals surface area contributed by atoms with Crippen molar-refractivity contribution in [2.45, 2.75) is 18.9 Å². The molecule has 0 bridgehead atoms. The number of phenolic OH excluding ortho intramolecular Hbond substituents is 2. The van der Waals surface area contributed by atoms with Crippen molar-refractivity contribution in [2.24, 2.45) is 0 Å². The van der Waals surface area contributed by atoms with Crippen molar-refractivity contribution < 1.29 is 10.2 Å². The van der Waals surface area contributed by atoms with E-state index >= 15 is 0 Å². The Kier molecular flexibility index (Phi) is 3.13. The molecule has 1 aliphatic carbocycles. The van der Waals surface area contributed by atoms with Crippen LogP contribution in [-0.4, -0.2) is 16.8 Å². The topological polar surface area (TPSA) is 52.5 Å². The Morgan fingerprint density at radius 2 is 1.91 bits per heavy atom. The van der Waals surface area contributed by atoms with Gasteiger partial charge in [-0.05, 0) is 64.9 Å². The van der Waals surface area contributed by atoms with Gasteiger partial charge >= 0.3 is 0 Å². The molecule has 0 radical (unpaired) electrons. The molecular weight excluding hydrogens is 298 g/mol. The first-order chi connectivity index (χ1) is 10.6. The minimum Gasteiger partial charge on any atom is -0.504 e. The minimum atomic E-state index is -0.0877. The van der Waals surface area contributed by atoms with Crippen LogP contribution in [0, 0.1) is 0 Å². The maximum Gasteiger partial charge on any atom is 0.157 e. The molecular formula is C18H16ClNO2. The third-order valence-corrected chi connectivity index (χ3v) is 4.81. The highest BCUT2D eigenvalue weighted by molar-refractivity contribution is 6.30. The van der Waals surface area contributed by atoms with E-state index in [0.717, 1.165) is 30.0 Å². The van der Waals surface area contributed by atoms with Crippen molar-refractivity contribution in [1.29, 1.82) is 0 Å². The van der Waals surface area contributed by atoms with Crippen molar-refractivity contribution >= 4 is 17.2 Å². The first-order valence-electron chi connectivity index (χ1n) is 7.39. The number of fused-ring (bicyclic) bond motifs is 2. The molecule has 4 rings (SSSR count). The van der Waals surface area contributed by atoms with Gasteiger partial charge in [-0.25, -0.2) is 0 Å². The van der Waals surface area contributed by atoms with E-state index in [0.29, 0.717) is 0 Å². The molecule has 0 aromatic heterocycles. The molecule has 22 heavy (non-hydrogen) atoms. The van der Waals surface area contributed by atoms with E-state index in [1.165, 1.54) is 22.3 Å². The number of nitrogens with one attached hydrogen (secondary N) is 1. The lowest BCUT2D eigenvalue weighted by Crippen LogP contribution is -2.28. The third kappa shape index (κ3) is 2.09. The summed E-state index contributed by atoms with van der Waals surface area (Å²) in [5, 5.41) is 23.6. The summed E-state index contributed by atoms with van der Waals surface area (Å²) in [4.78, 5) is 0. The Labute approximate surface area is 133 Å². The van der Waals surface area contributed by atoms with Gasteiger partial charge in [0, 0.05) is 11.6 Å². The Balaban J connectivity index is 1.79. The van der Waals surface area contributed by atoms with Crippen LogP contribution in [-0.2, 0) is 6.42 Å². The van der Waals surface area contributed by atoms with Gasteiger partial charge in [0.2, 0.25) is 0 Å². The van der Waals surface area contributed by atoms with Crippen LogP contribution in [0.3, 0.4) is 0 Å². The van der Waals surface area contributed by atoms with Crippen LogP contribution < -0.4 is 5.32 Å². The van der Waals surface area contributed by atoms with Gasteiger partial charge in [-0.15, -0.1) is 0 Å². The molecule has 1 atom stereocenters. The third-order valence-electron chi connectivity index (χ3n) is 4.57. The predicted octanol–water partition coefficient (Wildman–Crippen LogP) is 3.80. The molecule has 112 valence electrons. The largest absolute Gasteiger partial charge is 0.504 e. The molecule has 2 aromatic rings. The molecule has 2 aliphatic rings. The maximum absolute atomic E-state index is 9.77. The van der Waals surface area contributed by atoms with Crippen molar-refractivity contribution in [3.63, 3.8) is 0 Å². The molecule has 3 nitrogen and oxygen atoms in total. The van der Waals surface area contributed by atoms with Crippen LogP contribution in [0.25, 0.3) is 5.57 Å². The average Bonchev–Trinajstić information content (AvgIpc) is 2.88. The standard InChI is InChI=1S/C18H16ClNO2/c19-12-3-1-10-7-15-13(14(10)9-12)5-6-20-18(15)11-2-4-16(21)17(22)8-11/h1-4,8-9,18,20-22H,5-7H2. The van der Waals surface area contributed by atoms with Crippen molar-refractivity contribution in [2.75, 3.05) is 6.54 Å². The first kappa shape index (κ1) is 13.7. The fraction of sp³-hybridized carbons (Fsp3) is 0.222. The van der Waals surface area contributed by atoms with Crippen molar-refractivity contribution in [3.05, 3.63) is 63.7 Å². The molecule has 0 saturated carbocycles. The Morgan fingerprint density at radius 1 is 1.05 bits per heavy atom. The number of aromatic hydroxyl groups is 2. The normalized spacial score (nSPS) is 20.0. The van der Waals surface area contributed by atoms with E-state index < -0.39 is 0 Å². The Morgan fingerprint density at radius 3 is 2.73 bits per heavy atom. The first-order valence-corrected chi connectivity index (χ1v) is 7.77. The fourth-order valence-electron chi connectivity index (χ4n) is 3.54. The summed E-state index contributed by atoms with van der Waals surface area (Å²) in [6.45, 7) is 0.886. The van der Waals surface area contributed by atoms with Crippen molar-refractivity contribution in [3.8, 4) is 11.5 Å². The molecule has 0 spiro atoms. The zero-order valence-electron chi connectivity index (χ0n) is 11.9. The lowest BCUT2D eigenvalue weighted by Gasteiger charge is -2.27. The number of benzene rings is 2. The zero-order chi connectivity index (χ0) is 15.3. The summed E-state index contributed by atoms with van der Waals surface area (Å²) in [7, 11) is 0. The average molecular weight is 314 g/mol. The quantitative estimate of drug-likeness (QED) is 0.702. The van der Waals surface area contributed by atoms with Gasteiger partial charge in [0.1, 0.15) is 0 Å².